The molecule has 0 amide bonds. The van der Waals surface area contributed by atoms with Gasteiger partial charge in [-0.1, -0.05) is 51.9 Å². The first-order valence-electron chi connectivity index (χ1n) is 9.49. The Bertz CT molecular complexity index is 282. The Morgan fingerprint density at radius 1 is 0.696 bits per heavy atom. The standard InChI is InChI=1S/C17H42O3Si3/c1-8-9-10-11-12-13-14-15-16-17(18-21,19-22(2,3)4)20-23(5,6)7/h8-16H2,1-7,21H3. The first kappa shape index (κ1) is 23.5. The lowest BCUT2D eigenvalue weighted by atomic mass is 10.1. The minimum Gasteiger partial charge on any atom is -0.382 e. The third-order valence-electron chi connectivity index (χ3n) is 3.57. The molecule has 0 bridgehead atoms. The van der Waals surface area contributed by atoms with Crippen LogP contribution in [-0.2, 0) is 13.3 Å². The summed E-state index contributed by atoms with van der Waals surface area (Å²) in [7, 11) is -2.77. The van der Waals surface area contributed by atoms with E-state index in [1.54, 1.807) is 0 Å². The fourth-order valence-electron chi connectivity index (χ4n) is 2.72. The Kier molecular flexibility index (Phi) is 11.5. The van der Waals surface area contributed by atoms with Crippen LogP contribution in [0.5, 0.6) is 0 Å². The molecule has 0 aromatic rings. The van der Waals surface area contributed by atoms with E-state index < -0.39 is 22.6 Å². The molecule has 0 rings (SSSR count). The normalized spacial score (nSPS) is 13.7. The average molecular weight is 379 g/mol. The maximum absolute atomic E-state index is 6.37. The number of unbranched alkanes of at least 4 members (excludes halogenated alkanes) is 7. The van der Waals surface area contributed by atoms with Crippen molar-refractivity contribution in [2.45, 2.75) is 110 Å². The molecule has 0 radical (unpaired) electrons. The third-order valence-corrected chi connectivity index (χ3v) is 6.04. The van der Waals surface area contributed by atoms with E-state index in [1.807, 2.05) is 0 Å². The predicted molar refractivity (Wildman–Crippen MR) is 110 cm³/mol. The van der Waals surface area contributed by atoms with Gasteiger partial charge in [0.1, 0.15) is 0 Å². The Hall–Kier alpha value is 0.531. The second-order valence-corrected chi connectivity index (χ2v) is 17.8. The molecule has 0 spiro atoms. The van der Waals surface area contributed by atoms with Crippen LogP contribution in [-0.4, -0.2) is 33.1 Å². The predicted octanol–water partition coefficient (Wildman–Crippen LogP) is 5.17. The van der Waals surface area contributed by atoms with Crippen LogP contribution < -0.4 is 0 Å². The molecule has 0 aliphatic heterocycles. The molecule has 23 heavy (non-hydrogen) atoms. The highest BCUT2D eigenvalue weighted by Gasteiger charge is 2.40. The molecule has 0 N–H and O–H groups in total. The van der Waals surface area contributed by atoms with E-state index in [4.69, 9.17) is 13.3 Å². The molecular weight excluding hydrogens is 336 g/mol. The van der Waals surface area contributed by atoms with Gasteiger partial charge in [0.05, 0.1) is 0 Å². The monoisotopic (exact) mass is 378 g/mol. The molecule has 0 aliphatic rings. The fraction of sp³-hybridized carbons (Fsp3) is 1.00. The van der Waals surface area contributed by atoms with E-state index in [9.17, 15) is 0 Å². The van der Waals surface area contributed by atoms with E-state index >= 15 is 0 Å². The van der Waals surface area contributed by atoms with E-state index in [0.717, 1.165) is 12.8 Å². The second-order valence-electron chi connectivity index (χ2n) is 8.54. The topological polar surface area (TPSA) is 27.7 Å². The fourth-order valence-corrected chi connectivity index (χ4v) is 5.82. The highest BCUT2D eigenvalue weighted by Crippen LogP contribution is 2.30. The van der Waals surface area contributed by atoms with Crippen LogP contribution in [0.1, 0.15) is 64.7 Å². The minimum atomic E-state index is -1.71. The lowest BCUT2D eigenvalue weighted by molar-refractivity contribution is -0.267. The smallest absolute Gasteiger partial charge is 0.253 e. The van der Waals surface area contributed by atoms with E-state index in [1.165, 1.54) is 44.9 Å². The van der Waals surface area contributed by atoms with Crippen LogP contribution >= 0.6 is 0 Å². The van der Waals surface area contributed by atoms with Crippen molar-refractivity contribution < 1.29 is 13.3 Å². The molecule has 0 heterocycles. The van der Waals surface area contributed by atoms with Crippen molar-refractivity contribution >= 4 is 27.1 Å². The molecule has 0 aliphatic carbocycles. The van der Waals surface area contributed by atoms with Gasteiger partial charge in [0.25, 0.3) is 5.97 Å². The van der Waals surface area contributed by atoms with E-state index in [0.29, 0.717) is 10.5 Å². The Balaban J connectivity index is 4.36. The maximum Gasteiger partial charge on any atom is 0.253 e. The highest BCUT2D eigenvalue weighted by molar-refractivity contribution is 6.71. The Morgan fingerprint density at radius 2 is 1.09 bits per heavy atom. The second kappa shape index (κ2) is 11.2. The summed E-state index contributed by atoms with van der Waals surface area (Å²) in [5.41, 5.74) is 0. The maximum atomic E-state index is 6.37. The molecule has 140 valence electrons. The van der Waals surface area contributed by atoms with Gasteiger partial charge in [-0.25, -0.2) is 0 Å². The van der Waals surface area contributed by atoms with Crippen LogP contribution in [0.2, 0.25) is 39.3 Å². The number of rotatable bonds is 14. The zero-order chi connectivity index (χ0) is 18.0. The van der Waals surface area contributed by atoms with E-state index in [-0.39, 0.29) is 0 Å². The molecule has 3 nitrogen and oxygen atoms in total. The molecule has 0 unspecified atom stereocenters. The van der Waals surface area contributed by atoms with Crippen molar-refractivity contribution in [1.82, 2.24) is 0 Å². The zero-order valence-corrected chi connectivity index (χ0v) is 21.1. The van der Waals surface area contributed by atoms with Crippen molar-refractivity contribution in [2.24, 2.45) is 0 Å². The van der Waals surface area contributed by atoms with Crippen LogP contribution in [0.3, 0.4) is 0 Å². The quantitative estimate of drug-likeness (QED) is 0.237. The van der Waals surface area contributed by atoms with Gasteiger partial charge in [-0.05, 0) is 45.7 Å². The summed E-state index contributed by atoms with van der Waals surface area (Å²) in [6.07, 6.45) is 11.4. The molecule has 0 fully saturated rings. The van der Waals surface area contributed by atoms with E-state index in [2.05, 4.69) is 46.2 Å². The van der Waals surface area contributed by atoms with Crippen LogP contribution in [0.15, 0.2) is 0 Å². The van der Waals surface area contributed by atoms with Gasteiger partial charge < -0.3 is 13.3 Å². The average Bonchev–Trinajstić information content (AvgIpc) is 2.38. The molecular formula is C17H42O3Si3. The lowest BCUT2D eigenvalue weighted by Gasteiger charge is -2.42. The zero-order valence-electron chi connectivity index (χ0n) is 17.1. The molecule has 0 atom stereocenters. The van der Waals surface area contributed by atoms with Crippen molar-refractivity contribution in [2.75, 3.05) is 0 Å². The molecule has 0 saturated heterocycles. The molecule has 0 saturated carbocycles. The summed E-state index contributed by atoms with van der Waals surface area (Å²) >= 11 is 0. The van der Waals surface area contributed by atoms with Gasteiger partial charge in [-0.15, -0.1) is 0 Å². The Morgan fingerprint density at radius 3 is 1.43 bits per heavy atom. The molecule has 0 aromatic carbocycles. The SMILES string of the molecule is CCCCCCCCCCC(O[SiH3])(O[Si](C)(C)C)O[Si](C)(C)C. The third kappa shape index (κ3) is 13.5. The largest absolute Gasteiger partial charge is 0.382 e. The summed E-state index contributed by atoms with van der Waals surface area (Å²) in [6.45, 7) is 15.5. The number of hydrogen-bond acceptors (Lipinski definition) is 3. The summed E-state index contributed by atoms with van der Waals surface area (Å²) < 4.78 is 18.7. The van der Waals surface area contributed by atoms with Gasteiger partial charge in [0.2, 0.25) is 0 Å². The van der Waals surface area contributed by atoms with Gasteiger partial charge in [0, 0.05) is 6.42 Å². The van der Waals surface area contributed by atoms with Crippen molar-refractivity contribution in [3.63, 3.8) is 0 Å². The summed E-state index contributed by atoms with van der Waals surface area (Å²) in [6, 6.07) is 0. The van der Waals surface area contributed by atoms with Crippen molar-refractivity contribution in [1.29, 1.82) is 0 Å². The highest BCUT2D eigenvalue weighted by atomic mass is 28.4. The molecule has 6 heteroatoms. The summed E-state index contributed by atoms with van der Waals surface area (Å²) in [5, 5.41) is 0. The van der Waals surface area contributed by atoms with Gasteiger partial charge >= 0.3 is 0 Å². The summed E-state index contributed by atoms with van der Waals surface area (Å²) in [5.74, 6) is -0.761. The van der Waals surface area contributed by atoms with Crippen LogP contribution in [0.4, 0.5) is 0 Å². The first-order chi connectivity index (χ1) is 10.5. The minimum absolute atomic E-state index is 0.648. The van der Waals surface area contributed by atoms with Crippen molar-refractivity contribution in [3.05, 3.63) is 0 Å². The number of hydrogen-bond donors (Lipinski definition) is 0. The van der Waals surface area contributed by atoms with Gasteiger partial charge in [-0.2, -0.15) is 0 Å². The van der Waals surface area contributed by atoms with Gasteiger partial charge in [0.15, 0.2) is 27.1 Å². The summed E-state index contributed by atoms with van der Waals surface area (Å²) in [4.78, 5) is 0. The lowest BCUT2D eigenvalue weighted by Crippen LogP contribution is -2.51. The van der Waals surface area contributed by atoms with Crippen LogP contribution in [0.25, 0.3) is 0 Å². The molecule has 0 aromatic heterocycles. The first-order valence-corrected chi connectivity index (χ1v) is 17.1. The van der Waals surface area contributed by atoms with Crippen LogP contribution in [0, 0.1) is 0 Å². The van der Waals surface area contributed by atoms with Crippen molar-refractivity contribution in [3.8, 4) is 0 Å². The van der Waals surface area contributed by atoms with Gasteiger partial charge in [-0.3, -0.25) is 0 Å². The Labute approximate surface area is 150 Å².